The van der Waals surface area contributed by atoms with E-state index in [-0.39, 0.29) is 12.5 Å². The van der Waals surface area contributed by atoms with Crippen LogP contribution in [-0.4, -0.2) is 61.8 Å². The van der Waals surface area contributed by atoms with E-state index in [4.69, 9.17) is 5.11 Å². The standard InChI is InChI=1S/C12H25N3O2/c16-11-2-1-4-12(17)14-5-3-8-15-9-6-13-7-10-15/h13,16H,1-11H2,(H,14,17). The Hall–Kier alpha value is -0.650. The predicted octanol–water partition coefficient (Wildman–Crippen LogP) is -0.439. The van der Waals surface area contributed by atoms with E-state index in [9.17, 15) is 4.79 Å². The van der Waals surface area contributed by atoms with Gasteiger partial charge < -0.3 is 20.6 Å². The molecule has 0 unspecified atom stereocenters. The molecule has 3 N–H and O–H groups in total. The van der Waals surface area contributed by atoms with Crippen LogP contribution in [0.1, 0.15) is 25.7 Å². The van der Waals surface area contributed by atoms with Crippen molar-refractivity contribution >= 4 is 5.91 Å². The Morgan fingerprint density at radius 1 is 1.24 bits per heavy atom. The second-order valence-electron chi connectivity index (χ2n) is 4.48. The number of hydrogen-bond acceptors (Lipinski definition) is 4. The average molecular weight is 243 g/mol. The van der Waals surface area contributed by atoms with E-state index >= 15 is 0 Å². The lowest BCUT2D eigenvalue weighted by molar-refractivity contribution is -0.121. The first kappa shape index (κ1) is 14.4. The molecule has 0 aromatic heterocycles. The minimum Gasteiger partial charge on any atom is -0.396 e. The number of carbonyl (C=O) groups is 1. The van der Waals surface area contributed by atoms with Crippen molar-refractivity contribution in [2.24, 2.45) is 0 Å². The number of unbranched alkanes of at least 4 members (excludes halogenated alkanes) is 1. The third-order valence-electron chi connectivity index (χ3n) is 2.99. The number of amides is 1. The molecular weight excluding hydrogens is 218 g/mol. The van der Waals surface area contributed by atoms with Gasteiger partial charge in [0.2, 0.25) is 5.91 Å². The number of carbonyl (C=O) groups excluding carboxylic acids is 1. The number of nitrogens with zero attached hydrogens (tertiary/aromatic N) is 1. The fraction of sp³-hybridized carbons (Fsp3) is 0.917. The van der Waals surface area contributed by atoms with Crippen molar-refractivity contribution in [1.82, 2.24) is 15.5 Å². The monoisotopic (exact) mass is 243 g/mol. The Morgan fingerprint density at radius 2 is 2.00 bits per heavy atom. The number of aliphatic hydroxyl groups is 1. The fourth-order valence-corrected chi connectivity index (χ4v) is 1.95. The van der Waals surface area contributed by atoms with E-state index in [0.29, 0.717) is 12.8 Å². The smallest absolute Gasteiger partial charge is 0.219 e. The van der Waals surface area contributed by atoms with Crippen LogP contribution in [-0.2, 0) is 4.79 Å². The molecular formula is C12H25N3O2. The van der Waals surface area contributed by atoms with Crippen molar-refractivity contribution in [2.75, 3.05) is 45.9 Å². The van der Waals surface area contributed by atoms with Gasteiger partial charge in [0.1, 0.15) is 0 Å². The predicted molar refractivity (Wildman–Crippen MR) is 67.9 cm³/mol. The van der Waals surface area contributed by atoms with Crippen molar-refractivity contribution in [2.45, 2.75) is 25.7 Å². The van der Waals surface area contributed by atoms with Crippen LogP contribution in [0.2, 0.25) is 0 Å². The molecule has 100 valence electrons. The zero-order chi connectivity index (χ0) is 12.3. The van der Waals surface area contributed by atoms with Gasteiger partial charge in [-0.3, -0.25) is 4.79 Å². The van der Waals surface area contributed by atoms with Crippen LogP contribution in [0.25, 0.3) is 0 Å². The molecule has 0 aliphatic carbocycles. The molecule has 1 aliphatic rings. The second-order valence-corrected chi connectivity index (χ2v) is 4.48. The Morgan fingerprint density at radius 3 is 2.71 bits per heavy atom. The number of piperazine rings is 1. The Labute approximate surface area is 104 Å². The van der Waals surface area contributed by atoms with Crippen LogP contribution >= 0.6 is 0 Å². The molecule has 0 saturated carbocycles. The molecule has 0 bridgehead atoms. The van der Waals surface area contributed by atoms with Crippen molar-refractivity contribution in [3.63, 3.8) is 0 Å². The molecule has 0 spiro atoms. The maximum Gasteiger partial charge on any atom is 0.219 e. The maximum absolute atomic E-state index is 11.4. The lowest BCUT2D eigenvalue weighted by Crippen LogP contribution is -2.44. The highest BCUT2D eigenvalue weighted by molar-refractivity contribution is 5.75. The minimum absolute atomic E-state index is 0.110. The SMILES string of the molecule is O=C(CCCCO)NCCCN1CCNCC1. The largest absolute Gasteiger partial charge is 0.396 e. The zero-order valence-electron chi connectivity index (χ0n) is 10.6. The van der Waals surface area contributed by atoms with Gasteiger partial charge in [-0.05, 0) is 25.8 Å². The highest BCUT2D eigenvalue weighted by Gasteiger charge is 2.08. The van der Waals surface area contributed by atoms with Crippen molar-refractivity contribution < 1.29 is 9.90 Å². The highest BCUT2D eigenvalue weighted by atomic mass is 16.2. The minimum atomic E-state index is 0.110. The van der Waals surface area contributed by atoms with Gasteiger partial charge in [0.05, 0.1) is 0 Å². The van der Waals surface area contributed by atoms with E-state index in [2.05, 4.69) is 15.5 Å². The van der Waals surface area contributed by atoms with Crippen LogP contribution < -0.4 is 10.6 Å². The van der Waals surface area contributed by atoms with E-state index in [1.165, 1.54) is 0 Å². The summed E-state index contributed by atoms with van der Waals surface area (Å²) in [6, 6.07) is 0. The molecule has 17 heavy (non-hydrogen) atoms. The lowest BCUT2D eigenvalue weighted by atomic mass is 10.2. The molecule has 1 fully saturated rings. The number of rotatable bonds is 8. The summed E-state index contributed by atoms with van der Waals surface area (Å²) in [6.07, 6.45) is 3.05. The Balaban J connectivity index is 1.90. The van der Waals surface area contributed by atoms with Gasteiger partial charge in [-0.1, -0.05) is 0 Å². The Kier molecular flexibility index (Phi) is 7.96. The van der Waals surface area contributed by atoms with E-state index < -0.39 is 0 Å². The summed E-state index contributed by atoms with van der Waals surface area (Å²) >= 11 is 0. The second kappa shape index (κ2) is 9.39. The molecule has 0 atom stereocenters. The zero-order valence-corrected chi connectivity index (χ0v) is 10.6. The summed E-state index contributed by atoms with van der Waals surface area (Å²) in [5.74, 6) is 0.110. The highest BCUT2D eigenvalue weighted by Crippen LogP contribution is 1.95. The first-order valence-corrected chi connectivity index (χ1v) is 6.63. The molecule has 5 heteroatoms. The van der Waals surface area contributed by atoms with Gasteiger partial charge >= 0.3 is 0 Å². The number of nitrogens with one attached hydrogen (secondary N) is 2. The molecule has 1 heterocycles. The molecule has 1 rings (SSSR count). The van der Waals surface area contributed by atoms with E-state index in [1.54, 1.807) is 0 Å². The lowest BCUT2D eigenvalue weighted by Gasteiger charge is -2.27. The fourth-order valence-electron chi connectivity index (χ4n) is 1.95. The van der Waals surface area contributed by atoms with E-state index in [1.807, 2.05) is 0 Å². The molecule has 1 amide bonds. The molecule has 5 nitrogen and oxygen atoms in total. The van der Waals surface area contributed by atoms with Gasteiger partial charge in [-0.15, -0.1) is 0 Å². The van der Waals surface area contributed by atoms with Gasteiger partial charge in [0.25, 0.3) is 0 Å². The van der Waals surface area contributed by atoms with Gasteiger partial charge in [-0.2, -0.15) is 0 Å². The number of hydrogen-bond donors (Lipinski definition) is 3. The molecule has 0 aromatic rings. The summed E-state index contributed by atoms with van der Waals surface area (Å²) in [5.41, 5.74) is 0. The third-order valence-corrected chi connectivity index (χ3v) is 2.99. The first-order chi connectivity index (χ1) is 8.33. The van der Waals surface area contributed by atoms with Crippen molar-refractivity contribution in [3.8, 4) is 0 Å². The van der Waals surface area contributed by atoms with Crippen molar-refractivity contribution in [3.05, 3.63) is 0 Å². The normalized spacial score (nSPS) is 17.0. The average Bonchev–Trinajstić information content (AvgIpc) is 2.36. The summed E-state index contributed by atoms with van der Waals surface area (Å²) in [6.45, 7) is 6.40. The van der Waals surface area contributed by atoms with Crippen LogP contribution in [0.4, 0.5) is 0 Å². The summed E-state index contributed by atoms with van der Waals surface area (Å²) in [5, 5.41) is 14.8. The van der Waals surface area contributed by atoms with Crippen LogP contribution in [0.15, 0.2) is 0 Å². The topological polar surface area (TPSA) is 64.6 Å². The van der Waals surface area contributed by atoms with Crippen molar-refractivity contribution in [1.29, 1.82) is 0 Å². The van der Waals surface area contributed by atoms with Gasteiger partial charge in [0.15, 0.2) is 0 Å². The molecule has 0 radical (unpaired) electrons. The summed E-state index contributed by atoms with van der Waals surface area (Å²) < 4.78 is 0. The molecule has 1 aliphatic heterocycles. The van der Waals surface area contributed by atoms with Crippen LogP contribution in [0.5, 0.6) is 0 Å². The van der Waals surface area contributed by atoms with Gasteiger partial charge in [-0.25, -0.2) is 0 Å². The maximum atomic E-state index is 11.4. The first-order valence-electron chi connectivity index (χ1n) is 6.63. The van der Waals surface area contributed by atoms with Gasteiger partial charge in [0, 0.05) is 45.8 Å². The third kappa shape index (κ3) is 7.31. The van der Waals surface area contributed by atoms with E-state index in [0.717, 1.165) is 52.1 Å². The number of aliphatic hydroxyl groups excluding tert-OH is 1. The summed E-state index contributed by atoms with van der Waals surface area (Å²) in [7, 11) is 0. The summed E-state index contributed by atoms with van der Waals surface area (Å²) in [4.78, 5) is 13.8. The van der Waals surface area contributed by atoms with Crippen LogP contribution in [0.3, 0.4) is 0 Å². The molecule has 1 saturated heterocycles. The molecule has 0 aromatic carbocycles. The van der Waals surface area contributed by atoms with Crippen LogP contribution in [0, 0.1) is 0 Å². The quantitative estimate of drug-likeness (QED) is 0.506. The Bertz CT molecular complexity index is 206.